The third-order valence-electron chi connectivity index (χ3n) is 5.80. The van der Waals surface area contributed by atoms with Gasteiger partial charge in [-0.25, -0.2) is 0 Å². The minimum Gasteiger partial charge on any atom is -0.493 e. The van der Waals surface area contributed by atoms with Crippen LogP contribution in [0.2, 0.25) is 0 Å². The lowest BCUT2D eigenvalue weighted by Gasteiger charge is -2.23. The predicted octanol–water partition coefficient (Wildman–Crippen LogP) is 3.72. The van der Waals surface area contributed by atoms with Gasteiger partial charge >= 0.3 is 0 Å². The van der Waals surface area contributed by atoms with Gasteiger partial charge in [0.15, 0.2) is 11.5 Å². The molecule has 194 valence electrons. The fourth-order valence-electron chi connectivity index (χ4n) is 4.29. The summed E-state index contributed by atoms with van der Waals surface area (Å²) >= 11 is 1.38. The van der Waals surface area contributed by atoms with Gasteiger partial charge < -0.3 is 25.0 Å². The molecular weight excluding hydrogens is 474 g/mol. The van der Waals surface area contributed by atoms with Gasteiger partial charge in [-0.1, -0.05) is 45.5 Å². The van der Waals surface area contributed by atoms with Crippen LogP contribution in [0.4, 0.5) is 5.69 Å². The van der Waals surface area contributed by atoms with Crippen LogP contribution in [0.5, 0.6) is 11.5 Å². The van der Waals surface area contributed by atoms with Crippen LogP contribution in [0.1, 0.15) is 43.6 Å². The summed E-state index contributed by atoms with van der Waals surface area (Å²) in [5.74, 6) is 2.12. The zero-order valence-electron chi connectivity index (χ0n) is 22.1. The van der Waals surface area contributed by atoms with Crippen molar-refractivity contribution in [2.75, 3.05) is 45.7 Å². The monoisotopic (exact) mass is 512 g/mol. The van der Waals surface area contributed by atoms with Crippen LogP contribution in [-0.2, 0) is 4.79 Å². The van der Waals surface area contributed by atoms with Crippen molar-refractivity contribution in [2.24, 2.45) is 11.8 Å². The molecular formula is C28H38N3O4S+. The Bertz CT molecular complexity index is 1100. The van der Waals surface area contributed by atoms with Crippen LogP contribution in [0, 0.1) is 11.8 Å². The molecule has 3 N–H and O–H groups in total. The quantitative estimate of drug-likeness (QED) is 0.400. The molecule has 0 unspecified atom stereocenters. The zero-order chi connectivity index (χ0) is 26.2. The SMILES string of the molecule is COc1ccc(C=C2Sc3ccc(C(=O)NCC[NH+](CC(C)C)CC(C)C)cc3NC2=O)cc1OC. The molecule has 0 bridgehead atoms. The Morgan fingerprint density at radius 2 is 1.72 bits per heavy atom. The number of hydrogen-bond donors (Lipinski definition) is 3. The van der Waals surface area contributed by atoms with E-state index in [0.29, 0.717) is 46.0 Å². The van der Waals surface area contributed by atoms with Crippen molar-refractivity contribution in [1.82, 2.24) is 5.32 Å². The van der Waals surface area contributed by atoms with E-state index in [9.17, 15) is 9.59 Å². The number of ether oxygens (including phenoxy) is 2. The molecule has 3 rings (SSSR count). The van der Waals surface area contributed by atoms with E-state index in [-0.39, 0.29) is 11.8 Å². The smallest absolute Gasteiger partial charge is 0.262 e. The van der Waals surface area contributed by atoms with Crippen molar-refractivity contribution < 1.29 is 24.0 Å². The average molecular weight is 513 g/mol. The number of carbonyl (C=O) groups excluding carboxylic acids is 2. The summed E-state index contributed by atoms with van der Waals surface area (Å²) in [5.41, 5.74) is 2.01. The fraction of sp³-hybridized carbons (Fsp3) is 0.429. The van der Waals surface area contributed by atoms with Gasteiger partial charge in [-0.3, -0.25) is 9.59 Å². The number of rotatable bonds is 11. The number of anilines is 1. The van der Waals surface area contributed by atoms with Gasteiger partial charge in [0.05, 0.1) is 51.0 Å². The van der Waals surface area contributed by atoms with E-state index in [1.807, 2.05) is 30.3 Å². The van der Waals surface area contributed by atoms with E-state index < -0.39 is 0 Å². The molecule has 8 heteroatoms. The molecule has 7 nitrogen and oxygen atoms in total. The number of nitrogens with one attached hydrogen (secondary N) is 3. The Morgan fingerprint density at radius 3 is 2.36 bits per heavy atom. The zero-order valence-corrected chi connectivity index (χ0v) is 22.9. The molecule has 36 heavy (non-hydrogen) atoms. The summed E-state index contributed by atoms with van der Waals surface area (Å²) in [6.45, 7) is 12.6. The molecule has 0 spiro atoms. The molecule has 0 aromatic heterocycles. The van der Waals surface area contributed by atoms with Crippen molar-refractivity contribution in [2.45, 2.75) is 32.6 Å². The largest absolute Gasteiger partial charge is 0.493 e. The number of methoxy groups -OCH3 is 2. The molecule has 1 aliphatic heterocycles. The summed E-state index contributed by atoms with van der Waals surface area (Å²) in [5, 5.41) is 5.97. The minimum absolute atomic E-state index is 0.128. The predicted molar refractivity (Wildman–Crippen MR) is 146 cm³/mol. The lowest BCUT2D eigenvalue weighted by Crippen LogP contribution is -3.13. The van der Waals surface area contributed by atoms with Crippen LogP contribution in [0.15, 0.2) is 46.2 Å². The second-order valence-electron chi connectivity index (χ2n) is 9.84. The summed E-state index contributed by atoms with van der Waals surface area (Å²) in [7, 11) is 3.16. The Balaban J connectivity index is 1.65. The summed E-state index contributed by atoms with van der Waals surface area (Å²) in [6, 6.07) is 10.9. The van der Waals surface area contributed by atoms with Crippen LogP contribution in [0.3, 0.4) is 0 Å². The third-order valence-corrected chi connectivity index (χ3v) is 6.90. The topological polar surface area (TPSA) is 81.1 Å². The highest BCUT2D eigenvalue weighted by Crippen LogP contribution is 2.40. The Hall–Kier alpha value is -2.97. The van der Waals surface area contributed by atoms with Gasteiger partial charge in [-0.2, -0.15) is 0 Å². The number of benzene rings is 2. The Morgan fingerprint density at radius 1 is 1.03 bits per heavy atom. The van der Waals surface area contributed by atoms with Crippen LogP contribution in [-0.4, -0.2) is 52.2 Å². The fourth-order valence-corrected chi connectivity index (χ4v) is 5.22. The lowest BCUT2D eigenvalue weighted by atomic mass is 10.1. The first-order chi connectivity index (χ1) is 17.2. The van der Waals surface area contributed by atoms with Crippen LogP contribution >= 0.6 is 11.8 Å². The number of fused-ring (bicyclic) bond motifs is 1. The number of carbonyl (C=O) groups is 2. The number of quaternary nitrogens is 1. The molecule has 2 aromatic carbocycles. The van der Waals surface area contributed by atoms with E-state index in [1.165, 1.54) is 16.7 Å². The first kappa shape index (κ1) is 27.6. The van der Waals surface area contributed by atoms with Gasteiger partial charge in [-0.15, -0.1) is 0 Å². The first-order valence-corrected chi connectivity index (χ1v) is 13.2. The van der Waals surface area contributed by atoms with Gasteiger partial charge in [0, 0.05) is 22.3 Å². The summed E-state index contributed by atoms with van der Waals surface area (Å²) < 4.78 is 10.6. The molecule has 2 amide bonds. The minimum atomic E-state index is -0.207. The van der Waals surface area contributed by atoms with Gasteiger partial charge in [-0.05, 0) is 42.0 Å². The van der Waals surface area contributed by atoms with Crippen molar-refractivity contribution >= 4 is 35.3 Å². The number of hydrogen-bond acceptors (Lipinski definition) is 5. The molecule has 0 fully saturated rings. The second kappa shape index (κ2) is 12.8. The highest BCUT2D eigenvalue weighted by atomic mass is 32.2. The van der Waals surface area contributed by atoms with Gasteiger partial charge in [0.2, 0.25) is 0 Å². The van der Waals surface area contributed by atoms with Crippen LogP contribution in [0.25, 0.3) is 6.08 Å². The lowest BCUT2D eigenvalue weighted by molar-refractivity contribution is -0.904. The maximum atomic E-state index is 12.8. The van der Waals surface area contributed by atoms with Crippen molar-refractivity contribution in [3.8, 4) is 11.5 Å². The van der Waals surface area contributed by atoms with Gasteiger partial charge in [0.25, 0.3) is 11.8 Å². The average Bonchev–Trinajstić information content (AvgIpc) is 2.83. The Kier molecular flexibility index (Phi) is 9.84. The van der Waals surface area contributed by atoms with Crippen molar-refractivity contribution in [3.05, 3.63) is 52.4 Å². The second-order valence-corrected chi connectivity index (χ2v) is 10.9. The Labute approximate surface area is 218 Å². The maximum Gasteiger partial charge on any atom is 0.262 e. The maximum absolute atomic E-state index is 12.8. The van der Waals surface area contributed by atoms with E-state index in [4.69, 9.17) is 9.47 Å². The molecule has 0 saturated heterocycles. The standard InChI is InChI=1S/C28H37N3O4S/c1-18(2)16-31(17-19(3)4)12-11-29-27(32)21-8-10-25-22(15-21)30-28(33)26(36-25)14-20-7-9-23(34-5)24(13-20)35-6/h7-10,13-15,18-19H,11-12,16-17H2,1-6H3,(H,29,32)(H,30,33)/p+1. The molecule has 0 saturated carbocycles. The molecule has 0 aliphatic carbocycles. The normalized spacial score (nSPS) is 14.2. The molecule has 1 heterocycles. The molecule has 0 atom stereocenters. The van der Waals surface area contributed by atoms with E-state index in [2.05, 4.69) is 38.3 Å². The van der Waals surface area contributed by atoms with Gasteiger partial charge in [0.1, 0.15) is 0 Å². The number of thioether (sulfide) groups is 1. The highest BCUT2D eigenvalue weighted by molar-refractivity contribution is 8.04. The summed E-state index contributed by atoms with van der Waals surface area (Å²) in [4.78, 5) is 28.5. The van der Waals surface area contributed by atoms with Crippen molar-refractivity contribution in [3.63, 3.8) is 0 Å². The van der Waals surface area contributed by atoms with Crippen LogP contribution < -0.4 is 25.0 Å². The third kappa shape index (κ3) is 7.51. The van der Waals surface area contributed by atoms with E-state index in [1.54, 1.807) is 26.4 Å². The molecule has 0 radical (unpaired) electrons. The molecule has 2 aromatic rings. The van der Waals surface area contributed by atoms with Crippen molar-refractivity contribution in [1.29, 1.82) is 0 Å². The summed E-state index contributed by atoms with van der Waals surface area (Å²) in [6.07, 6.45) is 1.81. The highest BCUT2D eigenvalue weighted by Gasteiger charge is 2.23. The number of amides is 2. The van der Waals surface area contributed by atoms with E-state index in [0.717, 1.165) is 30.1 Å². The first-order valence-electron chi connectivity index (χ1n) is 12.4. The molecule has 1 aliphatic rings. The van der Waals surface area contributed by atoms with E-state index >= 15 is 0 Å².